The quantitative estimate of drug-likeness (QED) is 0.719. The van der Waals surface area contributed by atoms with Crippen molar-refractivity contribution in [2.24, 2.45) is 0 Å². The van der Waals surface area contributed by atoms with Crippen LogP contribution in [-0.2, 0) is 13.8 Å². The topological polar surface area (TPSA) is 52.6 Å². The van der Waals surface area contributed by atoms with Crippen molar-refractivity contribution in [2.75, 3.05) is 7.11 Å². The molecule has 1 aliphatic carbocycles. The average molecular weight is 402 g/mol. The largest absolute Gasteiger partial charge is 0.489 e. The van der Waals surface area contributed by atoms with Crippen LogP contribution in [0.3, 0.4) is 0 Å². The fourth-order valence-corrected chi connectivity index (χ4v) is 3.88. The van der Waals surface area contributed by atoms with Crippen LogP contribution in [-0.4, -0.2) is 27.7 Å². The first kappa shape index (κ1) is 17.0. The number of rotatable bonds is 4. The predicted molar refractivity (Wildman–Crippen MR) is 80.8 cm³/mol. The van der Waals surface area contributed by atoms with Crippen molar-refractivity contribution >= 4 is 35.7 Å². The first-order chi connectivity index (χ1) is 9.81. The molecule has 2 rings (SSSR count). The van der Waals surface area contributed by atoms with Crippen LogP contribution < -0.4 is 4.74 Å². The minimum Gasteiger partial charge on any atom is -0.489 e. The third-order valence-corrected chi connectivity index (χ3v) is 5.41. The van der Waals surface area contributed by atoms with Gasteiger partial charge in [-0.25, -0.2) is 12.8 Å². The lowest BCUT2D eigenvalue weighted by atomic mass is 9.95. The van der Waals surface area contributed by atoms with Gasteiger partial charge in [-0.2, -0.15) is 0 Å². The van der Waals surface area contributed by atoms with Crippen LogP contribution in [0.15, 0.2) is 21.5 Å². The number of halogens is 3. The second kappa shape index (κ2) is 6.81. The molecule has 4 nitrogen and oxygen atoms in total. The predicted octanol–water partition coefficient (Wildman–Crippen LogP) is 3.85. The molecule has 1 aliphatic rings. The Hall–Kier alpha value is -0.370. The summed E-state index contributed by atoms with van der Waals surface area (Å²) in [5.41, 5.74) is 0. The van der Waals surface area contributed by atoms with Gasteiger partial charge in [0.1, 0.15) is 22.6 Å². The van der Waals surface area contributed by atoms with Gasteiger partial charge in [0.2, 0.25) is 0 Å². The van der Waals surface area contributed by atoms with Crippen LogP contribution in [0.5, 0.6) is 5.75 Å². The normalized spacial score (nSPS) is 23.0. The summed E-state index contributed by atoms with van der Waals surface area (Å²) in [6.45, 7) is 0. The Bertz CT molecular complexity index is 623. The Morgan fingerprint density at radius 2 is 2.00 bits per heavy atom. The number of methoxy groups -OCH3 is 1. The molecule has 21 heavy (non-hydrogen) atoms. The van der Waals surface area contributed by atoms with Crippen LogP contribution >= 0.6 is 26.6 Å². The molecule has 0 aromatic heterocycles. The van der Waals surface area contributed by atoms with E-state index in [2.05, 4.69) is 15.9 Å². The Morgan fingerprint density at radius 1 is 1.33 bits per heavy atom. The van der Waals surface area contributed by atoms with E-state index in [1.54, 1.807) is 7.11 Å². The molecule has 0 aliphatic heterocycles. The van der Waals surface area contributed by atoms with Crippen LogP contribution in [0.1, 0.15) is 25.7 Å². The van der Waals surface area contributed by atoms with Crippen LogP contribution in [0.2, 0.25) is 0 Å². The molecule has 0 bridgehead atoms. The monoisotopic (exact) mass is 400 g/mol. The van der Waals surface area contributed by atoms with Gasteiger partial charge in [0.15, 0.2) is 0 Å². The van der Waals surface area contributed by atoms with E-state index in [1.807, 2.05) is 0 Å². The lowest BCUT2D eigenvalue weighted by molar-refractivity contribution is 0.0206. The Kier molecular flexibility index (Phi) is 5.51. The molecule has 0 heterocycles. The number of ether oxygens (including phenoxy) is 2. The second-order valence-corrected chi connectivity index (χ2v) is 8.30. The average Bonchev–Trinajstić information content (AvgIpc) is 2.41. The zero-order valence-electron chi connectivity index (χ0n) is 11.3. The maximum absolute atomic E-state index is 13.8. The Labute approximate surface area is 136 Å². The van der Waals surface area contributed by atoms with Gasteiger partial charge in [-0.3, -0.25) is 0 Å². The standard InChI is InChI=1S/C13H15BrClFO4S/c1-19-8-3-2-4-9(5-8)20-12-7-11(16)13(6-10(12)14)21(15,17)18/h6-9H,2-5H2,1H3. The van der Waals surface area contributed by atoms with E-state index in [0.29, 0.717) is 4.47 Å². The number of hydrogen-bond acceptors (Lipinski definition) is 4. The molecule has 1 saturated carbocycles. The van der Waals surface area contributed by atoms with Gasteiger partial charge >= 0.3 is 0 Å². The smallest absolute Gasteiger partial charge is 0.264 e. The summed E-state index contributed by atoms with van der Waals surface area (Å²) in [4.78, 5) is -0.568. The Morgan fingerprint density at radius 3 is 2.62 bits per heavy atom. The molecule has 0 spiro atoms. The fraction of sp³-hybridized carbons (Fsp3) is 0.538. The molecule has 1 aromatic rings. The molecule has 1 fully saturated rings. The molecule has 0 amide bonds. The lowest BCUT2D eigenvalue weighted by Gasteiger charge is -2.29. The van der Waals surface area contributed by atoms with Crippen molar-refractivity contribution in [3.05, 3.63) is 22.4 Å². The first-order valence-electron chi connectivity index (χ1n) is 6.44. The van der Waals surface area contributed by atoms with Gasteiger partial charge in [-0.1, -0.05) is 0 Å². The van der Waals surface area contributed by atoms with Crippen LogP contribution in [0.25, 0.3) is 0 Å². The van der Waals surface area contributed by atoms with Gasteiger partial charge in [-0.15, -0.1) is 0 Å². The molecule has 2 atom stereocenters. The summed E-state index contributed by atoms with van der Waals surface area (Å²) >= 11 is 3.19. The van der Waals surface area contributed by atoms with Crippen molar-refractivity contribution in [2.45, 2.75) is 42.8 Å². The van der Waals surface area contributed by atoms with Gasteiger partial charge < -0.3 is 9.47 Å². The minimum atomic E-state index is -4.13. The van der Waals surface area contributed by atoms with Gasteiger partial charge in [0.25, 0.3) is 9.05 Å². The Balaban J connectivity index is 2.20. The van der Waals surface area contributed by atoms with E-state index in [4.69, 9.17) is 20.2 Å². The molecule has 0 saturated heterocycles. The third kappa shape index (κ3) is 4.31. The highest BCUT2D eigenvalue weighted by Crippen LogP contribution is 2.34. The first-order valence-corrected chi connectivity index (χ1v) is 9.54. The maximum Gasteiger partial charge on any atom is 0.264 e. The molecular formula is C13H15BrClFO4S. The highest BCUT2D eigenvalue weighted by atomic mass is 79.9. The third-order valence-electron chi connectivity index (χ3n) is 3.45. The van der Waals surface area contributed by atoms with Crippen molar-refractivity contribution in [3.8, 4) is 5.75 Å². The van der Waals surface area contributed by atoms with Gasteiger partial charge in [-0.05, 0) is 41.3 Å². The molecular weight excluding hydrogens is 387 g/mol. The molecule has 0 N–H and O–H groups in total. The number of hydrogen-bond donors (Lipinski definition) is 0. The van der Waals surface area contributed by atoms with Crippen LogP contribution in [0.4, 0.5) is 4.39 Å². The van der Waals surface area contributed by atoms with Crippen LogP contribution in [0, 0.1) is 5.82 Å². The summed E-state index contributed by atoms with van der Waals surface area (Å²) in [7, 11) is 2.70. The van der Waals surface area contributed by atoms with E-state index in [-0.39, 0.29) is 18.0 Å². The van der Waals surface area contributed by atoms with E-state index >= 15 is 0 Å². The molecule has 1 aromatic carbocycles. The summed E-state index contributed by atoms with van der Waals surface area (Å²) < 4.78 is 47.7. The highest BCUT2D eigenvalue weighted by molar-refractivity contribution is 9.10. The SMILES string of the molecule is COC1CCCC(Oc2cc(F)c(S(=O)(=O)Cl)cc2Br)C1. The van der Waals surface area contributed by atoms with Gasteiger partial charge in [0.05, 0.1) is 10.6 Å². The van der Waals surface area contributed by atoms with Crippen molar-refractivity contribution in [3.63, 3.8) is 0 Å². The number of benzene rings is 1. The van der Waals surface area contributed by atoms with E-state index in [0.717, 1.165) is 37.8 Å². The van der Waals surface area contributed by atoms with Crippen molar-refractivity contribution in [1.82, 2.24) is 0 Å². The molecule has 118 valence electrons. The lowest BCUT2D eigenvalue weighted by Crippen LogP contribution is -2.29. The second-order valence-electron chi connectivity index (χ2n) is 4.92. The zero-order valence-corrected chi connectivity index (χ0v) is 14.5. The summed E-state index contributed by atoms with van der Waals surface area (Å²) in [6.07, 6.45) is 3.57. The fourth-order valence-electron chi connectivity index (χ4n) is 2.39. The van der Waals surface area contributed by atoms with E-state index < -0.39 is 19.8 Å². The highest BCUT2D eigenvalue weighted by Gasteiger charge is 2.25. The van der Waals surface area contributed by atoms with E-state index in [9.17, 15) is 12.8 Å². The molecule has 8 heteroatoms. The zero-order chi connectivity index (χ0) is 15.6. The minimum absolute atomic E-state index is 0.0853. The summed E-state index contributed by atoms with van der Waals surface area (Å²) in [5, 5.41) is 0. The maximum atomic E-state index is 13.8. The van der Waals surface area contributed by atoms with Crippen molar-refractivity contribution < 1.29 is 22.3 Å². The van der Waals surface area contributed by atoms with Crippen molar-refractivity contribution in [1.29, 1.82) is 0 Å². The summed E-state index contributed by atoms with van der Waals surface area (Å²) in [6, 6.07) is 2.15. The summed E-state index contributed by atoms with van der Waals surface area (Å²) in [5.74, 6) is -0.666. The molecule has 0 radical (unpaired) electrons. The van der Waals surface area contributed by atoms with E-state index in [1.165, 1.54) is 0 Å². The van der Waals surface area contributed by atoms with Gasteiger partial charge in [0, 0.05) is 30.3 Å². The molecule has 2 unspecified atom stereocenters.